The van der Waals surface area contributed by atoms with Crippen LogP contribution in [-0.2, 0) is 6.54 Å². The van der Waals surface area contributed by atoms with E-state index in [9.17, 15) is 4.79 Å². The highest BCUT2D eigenvalue weighted by Gasteiger charge is 2.26. The Balaban J connectivity index is 1.41. The first-order valence-corrected chi connectivity index (χ1v) is 8.81. The van der Waals surface area contributed by atoms with Crippen molar-refractivity contribution in [2.24, 2.45) is 5.92 Å². The van der Waals surface area contributed by atoms with E-state index in [4.69, 9.17) is 0 Å². The lowest BCUT2D eigenvalue weighted by atomic mass is 9.98. The first-order valence-electron chi connectivity index (χ1n) is 8.81. The summed E-state index contributed by atoms with van der Waals surface area (Å²) in [5.41, 5.74) is 2.14. The number of carbonyl (C=O) groups is 1. The van der Waals surface area contributed by atoms with Gasteiger partial charge in [0.25, 0.3) is 5.91 Å². The van der Waals surface area contributed by atoms with Gasteiger partial charge in [0.1, 0.15) is 17.2 Å². The van der Waals surface area contributed by atoms with E-state index in [1.807, 2.05) is 40.9 Å². The first kappa shape index (κ1) is 16.4. The summed E-state index contributed by atoms with van der Waals surface area (Å²) in [6.07, 6.45) is 7.34. The summed E-state index contributed by atoms with van der Waals surface area (Å²) >= 11 is 0. The van der Waals surface area contributed by atoms with Gasteiger partial charge in [-0.25, -0.2) is 4.98 Å². The number of hydrogen-bond donors (Lipinski definition) is 1. The number of nitrogens with zero attached hydrogens (tertiary/aromatic N) is 6. The van der Waals surface area contributed by atoms with Crippen LogP contribution in [0.3, 0.4) is 0 Å². The summed E-state index contributed by atoms with van der Waals surface area (Å²) < 4.78 is 1.85. The van der Waals surface area contributed by atoms with E-state index in [1.165, 1.54) is 0 Å². The molecule has 1 N–H and O–H groups in total. The Labute approximate surface area is 151 Å². The number of aromatic nitrogens is 6. The fourth-order valence-electron chi connectivity index (χ4n) is 3.38. The van der Waals surface area contributed by atoms with Gasteiger partial charge in [-0.3, -0.25) is 14.5 Å². The molecule has 1 atom stereocenters. The molecule has 8 heteroatoms. The van der Waals surface area contributed by atoms with E-state index in [-0.39, 0.29) is 5.91 Å². The Morgan fingerprint density at radius 2 is 2.23 bits per heavy atom. The van der Waals surface area contributed by atoms with Crippen molar-refractivity contribution in [2.75, 3.05) is 13.1 Å². The number of rotatable bonds is 4. The van der Waals surface area contributed by atoms with Crippen molar-refractivity contribution in [3.63, 3.8) is 0 Å². The number of amides is 1. The minimum absolute atomic E-state index is 0.0167. The molecule has 3 aromatic rings. The summed E-state index contributed by atoms with van der Waals surface area (Å²) in [6.45, 7) is 4.09. The van der Waals surface area contributed by atoms with E-state index in [2.05, 4.69) is 25.3 Å². The SMILES string of the molecule is Cc1ncc(C(=O)N2CCC[C@H](Cn3cc(-c4ccccn4)nn3)C2)[nH]1. The van der Waals surface area contributed by atoms with Gasteiger partial charge in [0, 0.05) is 25.8 Å². The maximum atomic E-state index is 12.6. The van der Waals surface area contributed by atoms with E-state index in [0.29, 0.717) is 11.6 Å². The minimum atomic E-state index is 0.0167. The van der Waals surface area contributed by atoms with Crippen molar-refractivity contribution in [3.8, 4) is 11.4 Å². The second-order valence-corrected chi connectivity index (χ2v) is 6.68. The Morgan fingerprint density at radius 3 is 3.00 bits per heavy atom. The molecular formula is C18H21N7O. The van der Waals surface area contributed by atoms with Crippen LogP contribution in [0.25, 0.3) is 11.4 Å². The van der Waals surface area contributed by atoms with Crippen molar-refractivity contribution in [3.05, 3.63) is 48.3 Å². The lowest BCUT2D eigenvalue weighted by Gasteiger charge is -2.32. The second kappa shape index (κ2) is 7.07. The summed E-state index contributed by atoms with van der Waals surface area (Å²) in [5.74, 6) is 1.13. The third kappa shape index (κ3) is 3.49. The monoisotopic (exact) mass is 351 g/mol. The smallest absolute Gasteiger partial charge is 0.271 e. The van der Waals surface area contributed by atoms with Gasteiger partial charge in [-0.05, 0) is 37.8 Å². The molecular weight excluding hydrogens is 330 g/mol. The molecule has 1 aliphatic rings. The van der Waals surface area contributed by atoms with Gasteiger partial charge in [0.2, 0.25) is 0 Å². The number of imidazole rings is 1. The van der Waals surface area contributed by atoms with Crippen LogP contribution >= 0.6 is 0 Å². The molecule has 0 saturated carbocycles. The molecule has 0 radical (unpaired) electrons. The van der Waals surface area contributed by atoms with Crippen molar-refractivity contribution in [1.29, 1.82) is 0 Å². The van der Waals surface area contributed by atoms with E-state index < -0.39 is 0 Å². The fourth-order valence-corrected chi connectivity index (χ4v) is 3.38. The molecule has 0 bridgehead atoms. The van der Waals surface area contributed by atoms with Crippen molar-refractivity contribution < 1.29 is 4.79 Å². The number of H-pyrrole nitrogens is 1. The van der Waals surface area contributed by atoms with Gasteiger partial charge in [0.05, 0.1) is 18.1 Å². The van der Waals surface area contributed by atoms with E-state index in [0.717, 1.165) is 49.7 Å². The van der Waals surface area contributed by atoms with Crippen LogP contribution in [-0.4, -0.2) is 53.8 Å². The number of hydrogen-bond acceptors (Lipinski definition) is 5. The summed E-state index contributed by atoms with van der Waals surface area (Å²) in [5, 5.41) is 8.44. The van der Waals surface area contributed by atoms with E-state index >= 15 is 0 Å². The third-order valence-corrected chi connectivity index (χ3v) is 4.65. The zero-order chi connectivity index (χ0) is 17.9. The van der Waals surface area contributed by atoms with Gasteiger partial charge >= 0.3 is 0 Å². The minimum Gasteiger partial charge on any atom is -0.338 e. The Hall–Kier alpha value is -3.03. The molecule has 4 heterocycles. The summed E-state index contributed by atoms with van der Waals surface area (Å²) in [6, 6.07) is 5.73. The van der Waals surface area contributed by atoms with Crippen LogP contribution in [0.2, 0.25) is 0 Å². The molecule has 0 unspecified atom stereocenters. The van der Waals surface area contributed by atoms with Gasteiger partial charge in [0.15, 0.2) is 0 Å². The molecule has 1 amide bonds. The van der Waals surface area contributed by atoms with Crippen LogP contribution < -0.4 is 0 Å². The summed E-state index contributed by atoms with van der Waals surface area (Å²) in [4.78, 5) is 26.0. The standard InChI is InChI=1S/C18H21N7O/c1-13-20-9-16(21-13)18(26)24-8-4-5-14(10-24)11-25-12-17(22-23-25)15-6-2-3-7-19-15/h2-3,6-7,9,12,14H,4-5,8,10-11H2,1H3,(H,20,21)/t14-/m0/s1. The van der Waals surface area contributed by atoms with Crippen LogP contribution in [0.15, 0.2) is 36.8 Å². The van der Waals surface area contributed by atoms with Gasteiger partial charge in [-0.1, -0.05) is 11.3 Å². The molecule has 0 spiro atoms. The summed E-state index contributed by atoms with van der Waals surface area (Å²) in [7, 11) is 0. The highest BCUT2D eigenvalue weighted by Crippen LogP contribution is 2.20. The predicted octanol–water partition coefficient (Wildman–Crippen LogP) is 1.92. The Bertz CT molecular complexity index is 886. The third-order valence-electron chi connectivity index (χ3n) is 4.65. The fraction of sp³-hybridized carbons (Fsp3) is 0.389. The van der Waals surface area contributed by atoms with Crippen LogP contribution in [0.4, 0.5) is 0 Å². The van der Waals surface area contributed by atoms with Crippen LogP contribution in [0, 0.1) is 12.8 Å². The number of likely N-dealkylation sites (tertiary alicyclic amines) is 1. The maximum Gasteiger partial charge on any atom is 0.271 e. The highest BCUT2D eigenvalue weighted by molar-refractivity contribution is 5.92. The molecule has 134 valence electrons. The molecule has 1 saturated heterocycles. The van der Waals surface area contributed by atoms with Crippen molar-refractivity contribution >= 4 is 5.91 Å². The Morgan fingerprint density at radius 1 is 1.31 bits per heavy atom. The predicted molar refractivity (Wildman–Crippen MR) is 95.2 cm³/mol. The number of piperidine rings is 1. The average Bonchev–Trinajstić information content (AvgIpc) is 3.31. The molecule has 3 aromatic heterocycles. The number of carbonyl (C=O) groups excluding carboxylic acids is 1. The van der Waals surface area contributed by atoms with Crippen LogP contribution in [0.1, 0.15) is 29.2 Å². The quantitative estimate of drug-likeness (QED) is 0.775. The van der Waals surface area contributed by atoms with Crippen molar-refractivity contribution in [2.45, 2.75) is 26.3 Å². The highest BCUT2D eigenvalue weighted by atomic mass is 16.2. The maximum absolute atomic E-state index is 12.6. The van der Waals surface area contributed by atoms with E-state index in [1.54, 1.807) is 12.4 Å². The molecule has 8 nitrogen and oxygen atoms in total. The zero-order valence-corrected chi connectivity index (χ0v) is 14.7. The van der Waals surface area contributed by atoms with Gasteiger partial charge in [-0.15, -0.1) is 5.10 Å². The number of aromatic amines is 1. The van der Waals surface area contributed by atoms with Gasteiger partial charge < -0.3 is 9.88 Å². The first-order chi connectivity index (χ1) is 12.7. The molecule has 26 heavy (non-hydrogen) atoms. The largest absolute Gasteiger partial charge is 0.338 e. The van der Waals surface area contributed by atoms with Crippen LogP contribution in [0.5, 0.6) is 0 Å². The number of nitrogens with one attached hydrogen (secondary N) is 1. The average molecular weight is 351 g/mol. The molecule has 0 aromatic carbocycles. The number of aryl methyl sites for hydroxylation is 1. The lowest BCUT2D eigenvalue weighted by molar-refractivity contribution is 0.0654. The lowest BCUT2D eigenvalue weighted by Crippen LogP contribution is -2.41. The molecule has 4 rings (SSSR count). The van der Waals surface area contributed by atoms with Gasteiger partial charge in [-0.2, -0.15) is 0 Å². The number of pyridine rings is 1. The molecule has 1 fully saturated rings. The molecule has 0 aliphatic carbocycles. The van der Waals surface area contributed by atoms with Crippen molar-refractivity contribution in [1.82, 2.24) is 34.8 Å². The zero-order valence-electron chi connectivity index (χ0n) is 14.7. The second-order valence-electron chi connectivity index (χ2n) is 6.68. The molecule has 1 aliphatic heterocycles. The Kier molecular flexibility index (Phi) is 4.47. The normalized spacial score (nSPS) is 17.4. The topological polar surface area (TPSA) is 92.6 Å².